The first-order valence-corrected chi connectivity index (χ1v) is 9.29. The van der Waals surface area contributed by atoms with Gasteiger partial charge in [-0.1, -0.05) is 19.6 Å². The predicted octanol–water partition coefficient (Wildman–Crippen LogP) is 2.84. The highest BCUT2D eigenvalue weighted by molar-refractivity contribution is 9.10. The molecule has 0 heterocycles. The number of carboxylic acid groups (broad SMARTS) is 1. The first-order valence-electron chi connectivity index (χ1n) is 5.00. The highest BCUT2D eigenvalue weighted by atomic mass is 79.9. The zero-order valence-corrected chi connectivity index (χ0v) is 12.7. The third kappa shape index (κ3) is 2.69. The molecule has 0 aliphatic rings. The first kappa shape index (κ1) is 14.2. The average molecular weight is 321 g/mol. The summed E-state index contributed by atoms with van der Waals surface area (Å²) in [4.78, 5) is 11.0. The summed E-state index contributed by atoms with van der Waals surface area (Å²) in [6.07, 6.45) is 0. The number of hydrogen-bond acceptors (Lipinski definition) is 2. The minimum absolute atomic E-state index is 0.345. The van der Waals surface area contributed by atoms with Crippen molar-refractivity contribution in [2.24, 2.45) is 0 Å². The molecule has 1 aromatic carbocycles. The number of halogens is 2. The molecule has 3 nitrogen and oxygen atoms in total. The summed E-state index contributed by atoms with van der Waals surface area (Å²) in [5.74, 6) is -1.60. The molecule has 94 valence electrons. The second-order valence-corrected chi connectivity index (χ2v) is 10.5. The largest absolute Gasteiger partial charge is 0.496 e. The van der Waals surface area contributed by atoms with Crippen molar-refractivity contribution in [3.63, 3.8) is 0 Å². The fraction of sp³-hybridized carbons (Fsp3) is 0.364. The van der Waals surface area contributed by atoms with Gasteiger partial charge in [-0.2, -0.15) is 0 Å². The van der Waals surface area contributed by atoms with Gasteiger partial charge in [0.15, 0.2) is 0 Å². The number of methoxy groups -OCH3 is 1. The zero-order chi connectivity index (χ0) is 13.4. The zero-order valence-electron chi connectivity index (χ0n) is 10.1. The van der Waals surface area contributed by atoms with Crippen LogP contribution >= 0.6 is 15.9 Å². The van der Waals surface area contributed by atoms with Gasteiger partial charge in [-0.25, -0.2) is 9.18 Å². The predicted molar refractivity (Wildman–Crippen MR) is 70.6 cm³/mol. The van der Waals surface area contributed by atoms with Crippen LogP contribution in [-0.2, 0) is 0 Å². The van der Waals surface area contributed by atoms with Crippen LogP contribution in [0.5, 0.6) is 5.75 Å². The first-order chi connectivity index (χ1) is 7.70. The summed E-state index contributed by atoms with van der Waals surface area (Å²) in [6, 6.07) is 1.20. The van der Waals surface area contributed by atoms with Gasteiger partial charge < -0.3 is 9.84 Å². The van der Waals surface area contributed by atoms with E-state index in [1.54, 1.807) is 0 Å². The van der Waals surface area contributed by atoms with Gasteiger partial charge in [0, 0.05) is 0 Å². The van der Waals surface area contributed by atoms with Gasteiger partial charge in [-0.05, 0) is 27.2 Å². The van der Waals surface area contributed by atoms with Crippen molar-refractivity contribution >= 4 is 35.2 Å². The van der Waals surface area contributed by atoms with Crippen LogP contribution in [0.25, 0.3) is 0 Å². The Balaban J connectivity index is 3.68. The van der Waals surface area contributed by atoms with Crippen molar-refractivity contribution in [1.82, 2.24) is 0 Å². The number of rotatable bonds is 3. The molecule has 0 saturated heterocycles. The summed E-state index contributed by atoms with van der Waals surface area (Å²) in [6.45, 7) is 5.84. The van der Waals surface area contributed by atoms with Crippen LogP contribution in [0.15, 0.2) is 10.5 Å². The lowest BCUT2D eigenvalue weighted by molar-refractivity contribution is 0.0691. The highest BCUT2D eigenvalue weighted by Gasteiger charge is 2.29. The number of benzene rings is 1. The van der Waals surface area contributed by atoms with Crippen LogP contribution in [-0.4, -0.2) is 26.3 Å². The fourth-order valence-electron chi connectivity index (χ4n) is 1.57. The van der Waals surface area contributed by atoms with Crippen LogP contribution in [0.4, 0.5) is 4.39 Å². The van der Waals surface area contributed by atoms with Gasteiger partial charge in [-0.3, -0.25) is 0 Å². The third-order valence-electron chi connectivity index (χ3n) is 2.37. The van der Waals surface area contributed by atoms with Crippen LogP contribution < -0.4 is 9.92 Å². The van der Waals surface area contributed by atoms with E-state index in [2.05, 4.69) is 15.9 Å². The summed E-state index contributed by atoms with van der Waals surface area (Å²) >= 11 is 3.29. The number of carbonyl (C=O) groups is 1. The lowest BCUT2D eigenvalue weighted by atomic mass is 10.2. The molecule has 1 N–H and O–H groups in total. The van der Waals surface area contributed by atoms with E-state index in [1.807, 2.05) is 19.6 Å². The molecule has 0 fully saturated rings. The second-order valence-electron chi connectivity index (χ2n) is 4.68. The van der Waals surface area contributed by atoms with Gasteiger partial charge in [0.05, 0.1) is 25.2 Å². The molecule has 0 radical (unpaired) electrons. The molecule has 1 rings (SSSR count). The van der Waals surface area contributed by atoms with Crippen LogP contribution in [0.2, 0.25) is 19.6 Å². The van der Waals surface area contributed by atoms with E-state index in [1.165, 1.54) is 13.2 Å². The van der Waals surface area contributed by atoms with Crippen LogP contribution in [0.3, 0.4) is 0 Å². The Hall–Kier alpha value is -0.883. The molecule has 0 bridgehead atoms. The molecule has 17 heavy (non-hydrogen) atoms. The Morgan fingerprint density at radius 3 is 2.35 bits per heavy atom. The van der Waals surface area contributed by atoms with E-state index in [4.69, 9.17) is 9.84 Å². The molecule has 0 atom stereocenters. The molecule has 1 aromatic rings. The van der Waals surface area contributed by atoms with Crippen LogP contribution in [0.1, 0.15) is 10.4 Å². The lowest BCUT2D eigenvalue weighted by Gasteiger charge is -2.22. The molecule has 0 spiro atoms. The Morgan fingerprint density at radius 2 is 2.00 bits per heavy atom. The third-order valence-corrected chi connectivity index (χ3v) is 5.49. The molecule has 6 heteroatoms. The highest BCUT2D eigenvalue weighted by Crippen LogP contribution is 2.29. The number of carboxylic acids is 1. The molecular formula is C11H14BrFO3Si. The van der Waals surface area contributed by atoms with Gasteiger partial charge in [0.25, 0.3) is 0 Å². The Morgan fingerprint density at radius 1 is 1.47 bits per heavy atom. The molecule has 0 unspecified atom stereocenters. The van der Waals surface area contributed by atoms with Crippen molar-refractivity contribution in [2.45, 2.75) is 19.6 Å². The summed E-state index contributed by atoms with van der Waals surface area (Å²) in [5, 5.41) is 9.41. The van der Waals surface area contributed by atoms with Gasteiger partial charge in [0.1, 0.15) is 11.6 Å². The number of ether oxygens (including phenoxy) is 1. The average Bonchev–Trinajstić information content (AvgIpc) is 2.15. The SMILES string of the molecule is COc1cc(C(=O)O)c(F)c([Si](C)(C)C)c1Br. The molecule has 0 amide bonds. The lowest BCUT2D eigenvalue weighted by Crippen LogP contribution is -2.42. The van der Waals surface area contributed by atoms with E-state index < -0.39 is 19.9 Å². The Bertz CT molecular complexity index is 469. The van der Waals surface area contributed by atoms with Crippen molar-refractivity contribution in [3.8, 4) is 5.75 Å². The minimum Gasteiger partial charge on any atom is -0.496 e. The fourth-order valence-corrected chi connectivity index (χ4v) is 5.38. The van der Waals surface area contributed by atoms with Gasteiger partial charge >= 0.3 is 5.97 Å². The van der Waals surface area contributed by atoms with E-state index >= 15 is 0 Å². The van der Waals surface area contributed by atoms with E-state index in [-0.39, 0.29) is 5.56 Å². The molecule has 0 saturated carbocycles. The monoisotopic (exact) mass is 320 g/mol. The molecule has 0 aliphatic carbocycles. The minimum atomic E-state index is -2.01. The maximum Gasteiger partial charge on any atom is 0.338 e. The second kappa shape index (κ2) is 4.78. The smallest absolute Gasteiger partial charge is 0.338 e. The standard InChI is InChI=1S/C11H14BrFO3Si/c1-16-7-5-6(11(14)15)9(13)10(8(7)12)17(2,3)4/h5H,1-4H3,(H,14,15). The van der Waals surface area contributed by atoms with Gasteiger partial charge in [-0.15, -0.1) is 0 Å². The normalized spacial score (nSPS) is 11.4. The summed E-state index contributed by atoms with van der Waals surface area (Å²) in [7, 11) is -0.584. The Kier molecular flexibility index (Phi) is 3.98. The van der Waals surface area contributed by atoms with E-state index in [0.717, 1.165) is 0 Å². The van der Waals surface area contributed by atoms with Crippen molar-refractivity contribution in [2.75, 3.05) is 7.11 Å². The quantitative estimate of drug-likeness (QED) is 0.871. The van der Waals surface area contributed by atoms with Crippen molar-refractivity contribution in [3.05, 3.63) is 21.9 Å². The molecule has 0 aliphatic heterocycles. The van der Waals surface area contributed by atoms with E-state index in [9.17, 15) is 9.18 Å². The van der Waals surface area contributed by atoms with E-state index in [0.29, 0.717) is 15.4 Å². The summed E-state index contributed by atoms with van der Waals surface area (Å²) < 4.78 is 19.8. The molecule has 0 aromatic heterocycles. The van der Waals surface area contributed by atoms with Crippen LogP contribution in [0, 0.1) is 5.82 Å². The van der Waals surface area contributed by atoms with Crippen molar-refractivity contribution < 1.29 is 19.0 Å². The Labute approximate surface area is 109 Å². The molecular weight excluding hydrogens is 307 g/mol. The number of aromatic carboxylic acids is 1. The number of hydrogen-bond donors (Lipinski definition) is 1. The van der Waals surface area contributed by atoms with Gasteiger partial charge in [0.2, 0.25) is 0 Å². The maximum absolute atomic E-state index is 14.2. The maximum atomic E-state index is 14.2. The van der Waals surface area contributed by atoms with Crippen molar-refractivity contribution in [1.29, 1.82) is 0 Å². The topological polar surface area (TPSA) is 46.5 Å². The summed E-state index contributed by atoms with van der Waals surface area (Å²) in [5.41, 5.74) is -0.345.